The van der Waals surface area contributed by atoms with Gasteiger partial charge in [0.15, 0.2) is 11.6 Å². The minimum Gasteiger partial charge on any atom is -0.388 e. The molecular weight excluding hydrogens is 222 g/mol. The van der Waals surface area contributed by atoms with Gasteiger partial charge in [-0.15, -0.1) is 0 Å². The highest BCUT2D eigenvalue weighted by molar-refractivity contribution is 5.28. The molecule has 0 radical (unpaired) electrons. The molecule has 3 heteroatoms. The quantitative estimate of drug-likeness (QED) is 0.831. The minimum atomic E-state index is -0.917. The van der Waals surface area contributed by atoms with Gasteiger partial charge < -0.3 is 5.11 Å². The molecule has 1 aliphatic carbocycles. The molecule has 1 unspecified atom stereocenters. The summed E-state index contributed by atoms with van der Waals surface area (Å²) in [5.41, 5.74) is 0.0512. The lowest BCUT2D eigenvalue weighted by Crippen LogP contribution is -2.23. The molecule has 2 rings (SSSR count). The molecule has 0 saturated heterocycles. The van der Waals surface area contributed by atoms with E-state index >= 15 is 0 Å². The van der Waals surface area contributed by atoms with Crippen molar-refractivity contribution in [2.24, 2.45) is 5.41 Å². The first-order valence-electron chi connectivity index (χ1n) is 6.08. The van der Waals surface area contributed by atoms with Crippen molar-refractivity contribution in [1.82, 2.24) is 0 Å². The Bertz CT molecular complexity index is 422. The van der Waals surface area contributed by atoms with Gasteiger partial charge in [0.25, 0.3) is 0 Å². The molecule has 1 nitrogen and oxygen atoms in total. The van der Waals surface area contributed by atoms with Crippen LogP contribution in [-0.4, -0.2) is 5.11 Å². The average molecular weight is 240 g/mol. The Balaban J connectivity index is 2.37. The molecular formula is C14H18F2O. The fraction of sp³-hybridized carbons (Fsp3) is 0.571. The maximum Gasteiger partial charge on any atom is 0.164 e. The normalized spacial score (nSPS) is 20.5. The molecule has 1 aliphatic rings. The maximum absolute atomic E-state index is 13.8. The van der Waals surface area contributed by atoms with Crippen LogP contribution in [0.1, 0.15) is 49.8 Å². The van der Waals surface area contributed by atoms with E-state index in [-0.39, 0.29) is 16.5 Å². The van der Waals surface area contributed by atoms with Crippen molar-refractivity contribution in [3.8, 4) is 0 Å². The van der Waals surface area contributed by atoms with Crippen molar-refractivity contribution < 1.29 is 13.9 Å². The van der Waals surface area contributed by atoms with Crippen LogP contribution in [0.15, 0.2) is 12.1 Å². The second kappa shape index (κ2) is 4.37. The van der Waals surface area contributed by atoms with Gasteiger partial charge >= 0.3 is 0 Å². The van der Waals surface area contributed by atoms with Crippen molar-refractivity contribution >= 4 is 0 Å². The third-order valence-electron chi connectivity index (χ3n) is 4.01. The van der Waals surface area contributed by atoms with E-state index in [2.05, 4.69) is 0 Å². The Kier molecular flexibility index (Phi) is 3.21. The molecule has 0 amide bonds. The highest BCUT2D eigenvalue weighted by atomic mass is 19.2. The number of hydrogen-bond donors (Lipinski definition) is 1. The number of benzene rings is 1. The van der Waals surface area contributed by atoms with E-state index in [1.54, 1.807) is 0 Å². The molecule has 1 aromatic carbocycles. The summed E-state index contributed by atoms with van der Waals surface area (Å²) >= 11 is 0. The van der Waals surface area contributed by atoms with Crippen molar-refractivity contribution in [3.05, 3.63) is 34.9 Å². The molecule has 0 heterocycles. The Morgan fingerprint density at radius 2 is 1.76 bits per heavy atom. The minimum absolute atomic E-state index is 0.0949. The van der Waals surface area contributed by atoms with Crippen LogP contribution in [0.2, 0.25) is 0 Å². The zero-order valence-electron chi connectivity index (χ0n) is 10.3. The smallest absolute Gasteiger partial charge is 0.164 e. The van der Waals surface area contributed by atoms with E-state index in [4.69, 9.17) is 0 Å². The predicted molar refractivity (Wildman–Crippen MR) is 62.6 cm³/mol. The molecule has 0 bridgehead atoms. The van der Waals surface area contributed by atoms with Crippen molar-refractivity contribution in [2.45, 2.75) is 45.6 Å². The summed E-state index contributed by atoms with van der Waals surface area (Å²) in [5.74, 6) is -1.74. The van der Waals surface area contributed by atoms with E-state index in [9.17, 15) is 13.9 Å². The van der Waals surface area contributed by atoms with Gasteiger partial charge in [0, 0.05) is 5.56 Å². The van der Waals surface area contributed by atoms with Crippen LogP contribution in [0, 0.1) is 24.0 Å². The SMILES string of the molecule is Cc1ccc(C(O)C2(C)CCCC2)c(F)c1F. The van der Waals surface area contributed by atoms with Gasteiger partial charge in [0.1, 0.15) is 0 Å². The zero-order valence-corrected chi connectivity index (χ0v) is 10.3. The van der Waals surface area contributed by atoms with Crippen molar-refractivity contribution in [3.63, 3.8) is 0 Å². The lowest BCUT2D eigenvalue weighted by atomic mass is 9.79. The second-order valence-electron chi connectivity index (χ2n) is 5.36. The Labute approximate surface area is 100 Å². The standard InChI is InChI=1S/C14H18F2O/c1-9-5-6-10(12(16)11(9)15)13(17)14(2)7-3-4-8-14/h5-6,13,17H,3-4,7-8H2,1-2H3. The molecule has 1 N–H and O–H groups in total. The summed E-state index contributed by atoms with van der Waals surface area (Å²) in [7, 11) is 0. The molecule has 17 heavy (non-hydrogen) atoms. The topological polar surface area (TPSA) is 20.2 Å². The van der Waals surface area contributed by atoms with Crippen LogP contribution < -0.4 is 0 Å². The summed E-state index contributed by atoms with van der Waals surface area (Å²) in [4.78, 5) is 0. The number of aliphatic hydroxyl groups excluding tert-OH is 1. The summed E-state index contributed by atoms with van der Waals surface area (Å²) in [6.45, 7) is 3.47. The molecule has 0 aromatic heterocycles. The van der Waals surface area contributed by atoms with E-state index in [1.165, 1.54) is 19.1 Å². The van der Waals surface area contributed by atoms with Crippen LogP contribution in [0.3, 0.4) is 0 Å². The third kappa shape index (κ3) is 2.08. The molecule has 1 fully saturated rings. The summed E-state index contributed by atoms with van der Waals surface area (Å²) in [6, 6.07) is 3.03. The van der Waals surface area contributed by atoms with Crippen molar-refractivity contribution in [2.75, 3.05) is 0 Å². The molecule has 0 spiro atoms. The van der Waals surface area contributed by atoms with Gasteiger partial charge in [0.05, 0.1) is 6.10 Å². The molecule has 1 aromatic rings. The number of halogens is 2. The van der Waals surface area contributed by atoms with E-state index < -0.39 is 17.7 Å². The maximum atomic E-state index is 13.8. The average Bonchev–Trinajstić information content (AvgIpc) is 2.74. The van der Waals surface area contributed by atoms with E-state index in [0.29, 0.717) is 0 Å². The van der Waals surface area contributed by atoms with E-state index in [1.807, 2.05) is 6.92 Å². The largest absolute Gasteiger partial charge is 0.388 e. The van der Waals surface area contributed by atoms with Gasteiger partial charge in [-0.3, -0.25) is 0 Å². The monoisotopic (exact) mass is 240 g/mol. The summed E-state index contributed by atoms with van der Waals surface area (Å²) in [5, 5.41) is 10.3. The molecule has 1 saturated carbocycles. The number of hydrogen-bond acceptors (Lipinski definition) is 1. The highest BCUT2D eigenvalue weighted by Crippen LogP contribution is 2.47. The highest BCUT2D eigenvalue weighted by Gasteiger charge is 2.38. The van der Waals surface area contributed by atoms with Gasteiger partial charge in [-0.25, -0.2) is 8.78 Å². The lowest BCUT2D eigenvalue weighted by Gasteiger charge is -2.30. The van der Waals surface area contributed by atoms with Crippen LogP contribution in [0.25, 0.3) is 0 Å². The fourth-order valence-corrected chi connectivity index (χ4v) is 2.70. The summed E-state index contributed by atoms with van der Waals surface area (Å²) in [6.07, 6.45) is 2.90. The zero-order chi connectivity index (χ0) is 12.6. The number of rotatable bonds is 2. The van der Waals surface area contributed by atoms with E-state index in [0.717, 1.165) is 25.7 Å². The van der Waals surface area contributed by atoms with Crippen LogP contribution in [-0.2, 0) is 0 Å². The first-order chi connectivity index (χ1) is 7.96. The second-order valence-corrected chi connectivity index (χ2v) is 5.36. The lowest BCUT2D eigenvalue weighted by molar-refractivity contribution is 0.0374. The molecule has 1 atom stereocenters. The number of aryl methyl sites for hydroxylation is 1. The first-order valence-corrected chi connectivity index (χ1v) is 6.08. The number of aliphatic hydroxyl groups is 1. The summed E-state index contributed by atoms with van der Waals surface area (Å²) < 4.78 is 27.3. The predicted octanol–water partition coefficient (Wildman–Crippen LogP) is 3.89. The van der Waals surface area contributed by atoms with Crippen LogP contribution >= 0.6 is 0 Å². The Morgan fingerprint density at radius 1 is 1.18 bits per heavy atom. The van der Waals surface area contributed by atoms with Crippen LogP contribution in [0.5, 0.6) is 0 Å². The third-order valence-corrected chi connectivity index (χ3v) is 4.01. The van der Waals surface area contributed by atoms with Gasteiger partial charge in [-0.1, -0.05) is 31.9 Å². The van der Waals surface area contributed by atoms with Gasteiger partial charge in [0.2, 0.25) is 0 Å². The van der Waals surface area contributed by atoms with Gasteiger partial charge in [-0.2, -0.15) is 0 Å². The van der Waals surface area contributed by atoms with Gasteiger partial charge in [-0.05, 0) is 30.7 Å². The Hall–Kier alpha value is -0.960. The van der Waals surface area contributed by atoms with Crippen molar-refractivity contribution in [1.29, 1.82) is 0 Å². The molecule has 94 valence electrons. The first kappa shape index (κ1) is 12.5. The fourth-order valence-electron chi connectivity index (χ4n) is 2.70. The Morgan fingerprint density at radius 3 is 2.35 bits per heavy atom. The molecule has 0 aliphatic heterocycles. The van der Waals surface area contributed by atoms with Crippen LogP contribution in [0.4, 0.5) is 8.78 Å².